The summed E-state index contributed by atoms with van der Waals surface area (Å²) in [5.74, 6) is 2.73. The lowest BCUT2D eigenvalue weighted by molar-refractivity contribution is 0.189. The first-order valence-electron chi connectivity index (χ1n) is 5.54. The molecule has 0 radical (unpaired) electrons. The van der Waals surface area contributed by atoms with Crippen molar-refractivity contribution in [3.8, 4) is 0 Å². The van der Waals surface area contributed by atoms with Crippen molar-refractivity contribution in [2.45, 2.75) is 18.1 Å². The van der Waals surface area contributed by atoms with E-state index in [9.17, 15) is 0 Å². The monoisotopic (exact) mass is 242 g/mol. The summed E-state index contributed by atoms with van der Waals surface area (Å²) < 4.78 is 7.41. The molecule has 16 heavy (non-hydrogen) atoms. The molecule has 2 heterocycles. The molecule has 90 valence electrons. The van der Waals surface area contributed by atoms with Crippen molar-refractivity contribution in [2.75, 3.05) is 26.0 Å². The Morgan fingerprint density at radius 3 is 3.12 bits per heavy atom. The second-order valence-corrected chi connectivity index (χ2v) is 5.02. The largest absolute Gasteiger partial charge is 0.381 e. The van der Waals surface area contributed by atoms with Crippen LogP contribution in [-0.4, -0.2) is 40.8 Å². The van der Waals surface area contributed by atoms with Crippen LogP contribution in [0.1, 0.15) is 12.2 Å². The van der Waals surface area contributed by atoms with Crippen molar-refractivity contribution in [2.24, 2.45) is 13.0 Å². The molecule has 0 saturated carbocycles. The van der Waals surface area contributed by atoms with Crippen LogP contribution in [0.4, 0.5) is 0 Å². The molecule has 0 aliphatic carbocycles. The van der Waals surface area contributed by atoms with Crippen LogP contribution in [0.3, 0.4) is 0 Å². The average molecular weight is 242 g/mol. The Morgan fingerprint density at radius 2 is 2.44 bits per heavy atom. The van der Waals surface area contributed by atoms with Crippen LogP contribution in [0, 0.1) is 5.92 Å². The van der Waals surface area contributed by atoms with Gasteiger partial charge in [-0.15, -0.1) is 10.2 Å². The van der Waals surface area contributed by atoms with Crippen molar-refractivity contribution >= 4 is 11.8 Å². The van der Waals surface area contributed by atoms with E-state index >= 15 is 0 Å². The molecule has 1 atom stereocenters. The lowest BCUT2D eigenvalue weighted by Crippen LogP contribution is -2.11. The zero-order chi connectivity index (χ0) is 11.4. The quantitative estimate of drug-likeness (QED) is 0.769. The summed E-state index contributed by atoms with van der Waals surface area (Å²) in [6.07, 6.45) is 1.17. The fourth-order valence-electron chi connectivity index (χ4n) is 1.69. The van der Waals surface area contributed by atoms with Crippen LogP contribution in [0.2, 0.25) is 0 Å². The average Bonchev–Trinajstić information content (AvgIpc) is 2.89. The highest BCUT2D eigenvalue weighted by atomic mass is 32.2. The van der Waals surface area contributed by atoms with E-state index in [0.717, 1.165) is 36.5 Å². The van der Waals surface area contributed by atoms with Gasteiger partial charge in [-0.3, -0.25) is 0 Å². The van der Waals surface area contributed by atoms with E-state index in [-0.39, 0.29) is 0 Å². The van der Waals surface area contributed by atoms with Gasteiger partial charge in [-0.2, -0.15) is 0 Å². The second-order valence-electron chi connectivity index (χ2n) is 4.03. The Labute approximate surface area is 100.0 Å². The maximum Gasteiger partial charge on any atom is 0.190 e. The second kappa shape index (κ2) is 5.65. The number of aromatic nitrogens is 3. The summed E-state index contributed by atoms with van der Waals surface area (Å²) in [5, 5.41) is 12.4. The van der Waals surface area contributed by atoms with Gasteiger partial charge in [-0.1, -0.05) is 11.8 Å². The summed E-state index contributed by atoms with van der Waals surface area (Å²) >= 11 is 1.77. The Balaban J connectivity index is 1.88. The van der Waals surface area contributed by atoms with Crippen molar-refractivity contribution in [1.82, 2.24) is 20.1 Å². The molecule has 1 fully saturated rings. The maximum absolute atomic E-state index is 5.35. The van der Waals surface area contributed by atoms with Gasteiger partial charge in [0.2, 0.25) is 0 Å². The molecular formula is C10H18N4OS. The highest BCUT2D eigenvalue weighted by Crippen LogP contribution is 2.23. The SMILES string of the molecule is CNCc1nnc(SCC2CCOC2)n1C. The molecule has 1 aliphatic rings. The van der Waals surface area contributed by atoms with Crippen LogP contribution in [0.15, 0.2) is 5.16 Å². The first-order chi connectivity index (χ1) is 7.81. The van der Waals surface area contributed by atoms with Gasteiger partial charge >= 0.3 is 0 Å². The summed E-state index contributed by atoms with van der Waals surface area (Å²) in [5.41, 5.74) is 0. The minimum Gasteiger partial charge on any atom is -0.381 e. The molecule has 0 bridgehead atoms. The van der Waals surface area contributed by atoms with Gasteiger partial charge in [0.25, 0.3) is 0 Å². The molecule has 0 aromatic carbocycles. The summed E-state index contributed by atoms with van der Waals surface area (Å²) in [4.78, 5) is 0. The molecule has 1 unspecified atom stereocenters. The third-order valence-corrected chi connectivity index (χ3v) is 3.98. The van der Waals surface area contributed by atoms with Crippen LogP contribution in [0.5, 0.6) is 0 Å². The summed E-state index contributed by atoms with van der Waals surface area (Å²) in [6, 6.07) is 0. The van der Waals surface area contributed by atoms with Gasteiger partial charge in [-0.25, -0.2) is 0 Å². The van der Waals surface area contributed by atoms with E-state index in [1.165, 1.54) is 6.42 Å². The Hall–Kier alpha value is -0.590. The van der Waals surface area contributed by atoms with E-state index in [1.54, 1.807) is 11.8 Å². The first-order valence-corrected chi connectivity index (χ1v) is 6.53. The molecule has 0 spiro atoms. The zero-order valence-electron chi connectivity index (χ0n) is 9.77. The van der Waals surface area contributed by atoms with E-state index < -0.39 is 0 Å². The van der Waals surface area contributed by atoms with Gasteiger partial charge in [0.05, 0.1) is 13.2 Å². The molecule has 1 aromatic heterocycles. The van der Waals surface area contributed by atoms with Gasteiger partial charge in [0.1, 0.15) is 5.82 Å². The lowest BCUT2D eigenvalue weighted by atomic mass is 10.2. The van der Waals surface area contributed by atoms with Crippen molar-refractivity contribution < 1.29 is 4.74 Å². The van der Waals surface area contributed by atoms with Gasteiger partial charge in [0, 0.05) is 19.4 Å². The molecule has 1 N–H and O–H groups in total. The minimum atomic E-state index is 0.675. The fourth-order valence-corrected chi connectivity index (χ4v) is 2.74. The normalized spacial score (nSPS) is 20.5. The number of hydrogen-bond donors (Lipinski definition) is 1. The van der Waals surface area contributed by atoms with Crippen molar-refractivity contribution in [1.29, 1.82) is 0 Å². The maximum atomic E-state index is 5.35. The number of thioether (sulfide) groups is 1. The molecule has 1 aliphatic heterocycles. The fraction of sp³-hybridized carbons (Fsp3) is 0.800. The van der Waals surface area contributed by atoms with E-state index in [2.05, 4.69) is 20.1 Å². The molecule has 0 amide bonds. The molecule has 1 aromatic rings. The summed E-state index contributed by atoms with van der Waals surface area (Å²) in [7, 11) is 3.93. The molecule has 6 heteroatoms. The number of rotatable bonds is 5. The number of nitrogens with one attached hydrogen (secondary N) is 1. The summed E-state index contributed by atoms with van der Waals surface area (Å²) in [6.45, 7) is 2.57. The van der Waals surface area contributed by atoms with Crippen LogP contribution in [0.25, 0.3) is 0 Å². The predicted molar refractivity (Wildman–Crippen MR) is 63.4 cm³/mol. The third kappa shape index (κ3) is 2.75. The van der Waals surface area contributed by atoms with Gasteiger partial charge < -0.3 is 14.6 Å². The Bertz CT molecular complexity index is 336. The lowest BCUT2D eigenvalue weighted by Gasteiger charge is -2.06. The van der Waals surface area contributed by atoms with Crippen molar-refractivity contribution in [3.05, 3.63) is 5.82 Å². The predicted octanol–water partition coefficient (Wildman–Crippen LogP) is 0.663. The topological polar surface area (TPSA) is 52.0 Å². The van der Waals surface area contributed by atoms with E-state index in [1.807, 2.05) is 14.1 Å². The smallest absolute Gasteiger partial charge is 0.190 e. The minimum absolute atomic E-state index is 0.675. The van der Waals surface area contributed by atoms with Crippen LogP contribution >= 0.6 is 11.8 Å². The highest BCUT2D eigenvalue weighted by Gasteiger charge is 2.17. The Morgan fingerprint density at radius 1 is 1.56 bits per heavy atom. The van der Waals surface area contributed by atoms with E-state index in [4.69, 9.17) is 4.74 Å². The molecule has 1 saturated heterocycles. The number of nitrogens with zero attached hydrogens (tertiary/aromatic N) is 3. The van der Waals surface area contributed by atoms with Gasteiger partial charge in [-0.05, 0) is 19.4 Å². The first kappa shape index (κ1) is 11.9. The van der Waals surface area contributed by atoms with Crippen molar-refractivity contribution in [3.63, 3.8) is 0 Å². The highest BCUT2D eigenvalue weighted by molar-refractivity contribution is 7.99. The zero-order valence-corrected chi connectivity index (χ0v) is 10.6. The number of ether oxygens (including phenoxy) is 1. The van der Waals surface area contributed by atoms with Gasteiger partial charge in [0.15, 0.2) is 5.16 Å². The van der Waals surface area contributed by atoms with Crippen LogP contribution < -0.4 is 5.32 Å². The molecular weight excluding hydrogens is 224 g/mol. The number of hydrogen-bond acceptors (Lipinski definition) is 5. The molecule has 2 rings (SSSR count). The van der Waals surface area contributed by atoms with Crippen LogP contribution in [-0.2, 0) is 18.3 Å². The standard InChI is InChI=1S/C10H18N4OS/c1-11-5-9-12-13-10(14(9)2)16-7-8-3-4-15-6-8/h8,11H,3-7H2,1-2H3. The Kier molecular flexibility index (Phi) is 4.20. The molecule has 5 nitrogen and oxygen atoms in total. The third-order valence-electron chi connectivity index (χ3n) is 2.73. The van der Waals surface area contributed by atoms with E-state index in [0.29, 0.717) is 5.92 Å².